The number of hydrogen-bond donors (Lipinski definition) is 2. The second kappa shape index (κ2) is 4.61. The molecule has 0 atom stereocenters. The van der Waals surface area contributed by atoms with Gasteiger partial charge in [0.1, 0.15) is 23.4 Å². The van der Waals surface area contributed by atoms with Crippen molar-refractivity contribution in [1.29, 1.82) is 0 Å². The van der Waals surface area contributed by atoms with Gasteiger partial charge in [-0.05, 0) is 18.2 Å². The number of amides is 1. The van der Waals surface area contributed by atoms with Crippen molar-refractivity contribution < 1.29 is 9.53 Å². The normalized spacial score (nSPS) is 10.7. The molecule has 2 aromatic heterocycles. The minimum Gasteiger partial charge on any atom is -0.496 e. The number of fused-ring (bicyclic) bond motifs is 1. The van der Waals surface area contributed by atoms with Crippen LogP contribution in [0.1, 0.15) is 10.4 Å². The number of hydrogen-bond acceptors (Lipinski definition) is 5. The summed E-state index contributed by atoms with van der Waals surface area (Å²) in [4.78, 5) is 26.6. The van der Waals surface area contributed by atoms with E-state index in [-0.39, 0.29) is 0 Å². The van der Waals surface area contributed by atoms with Crippen LogP contribution in [-0.2, 0) is 0 Å². The van der Waals surface area contributed by atoms with Crippen LogP contribution >= 0.6 is 0 Å². The molecule has 0 saturated carbocycles. The molecule has 0 spiro atoms. The van der Waals surface area contributed by atoms with Crippen LogP contribution in [0, 0.1) is 0 Å². The molecule has 0 aliphatic rings. The van der Waals surface area contributed by atoms with Crippen molar-refractivity contribution >= 4 is 17.1 Å². The largest absolute Gasteiger partial charge is 0.496 e. The fraction of sp³-hybridized carbons (Fsp3) is 0.0769. The number of aromatic amines is 1. The SMILES string of the molecule is COc1cc(C(N)=O)ccc1-c1nc2ncncc2[nH]1. The summed E-state index contributed by atoms with van der Waals surface area (Å²) in [5.74, 6) is 0.590. The zero-order chi connectivity index (χ0) is 14.1. The van der Waals surface area contributed by atoms with Gasteiger partial charge >= 0.3 is 0 Å². The van der Waals surface area contributed by atoms with Crippen LogP contribution in [0.4, 0.5) is 0 Å². The van der Waals surface area contributed by atoms with Gasteiger partial charge in [0.2, 0.25) is 5.91 Å². The Kier molecular flexibility index (Phi) is 2.79. The number of aromatic nitrogens is 4. The van der Waals surface area contributed by atoms with Crippen molar-refractivity contribution in [3.8, 4) is 17.1 Å². The zero-order valence-electron chi connectivity index (χ0n) is 10.6. The molecule has 1 aromatic carbocycles. The zero-order valence-corrected chi connectivity index (χ0v) is 10.6. The molecule has 3 rings (SSSR count). The fourth-order valence-corrected chi connectivity index (χ4v) is 1.93. The molecule has 0 aliphatic heterocycles. The summed E-state index contributed by atoms with van der Waals surface area (Å²) in [6, 6.07) is 4.93. The highest BCUT2D eigenvalue weighted by Crippen LogP contribution is 2.29. The van der Waals surface area contributed by atoms with E-state index in [2.05, 4.69) is 19.9 Å². The monoisotopic (exact) mass is 269 g/mol. The van der Waals surface area contributed by atoms with Crippen LogP contribution in [-0.4, -0.2) is 33.0 Å². The molecule has 100 valence electrons. The van der Waals surface area contributed by atoms with Gasteiger partial charge in [0.05, 0.1) is 18.9 Å². The summed E-state index contributed by atoms with van der Waals surface area (Å²) in [6.07, 6.45) is 3.07. The van der Waals surface area contributed by atoms with Crippen LogP contribution < -0.4 is 10.5 Å². The topological polar surface area (TPSA) is 107 Å². The molecule has 7 heteroatoms. The number of rotatable bonds is 3. The number of ether oxygens (including phenoxy) is 1. The number of primary amides is 1. The van der Waals surface area contributed by atoms with Gasteiger partial charge in [-0.1, -0.05) is 0 Å². The Balaban J connectivity index is 2.15. The molecule has 0 saturated heterocycles. The first-order valence-corrected chi connectivity index (χ1v) is 5.83. The highest BCUT2D eigenvalue weighted by atomic mass is 16.5. The smallest absolute Gasteiger partial charge is 0.248 e. The molecule has 3 aromatic rings. The molecule has 0 aliphatic carbocycles. The summed E-state index contributed by atoms with van der Waals surface area (Å²) in [7, 11) is 1.52. The first kappa shape index (κ1) is 12.1. The summed E-state index contributed by atoms with van der Waals surface area (Å²) < 4.78 is 5.28. The molecule has 2 heterocycles. The molecule has 0 fully saturated rings. The lowest BCUT2D eigenvalue weighted by Crippen LogP contribution is -2.11. The van der Waals surface area contributed by atoms with Crippen molar-refractivity contribution in [2.75, 3.05) is 7.11 Å². The third kappa shape index (κ3) is 1.95. The Bertz CT molecular complexity index is 763. The van der Waals surface area contributed by atoms with E-state index in [0.29, 0.717) is 22.8 Å². The maximum Gasteiger partial charge on any atom is 0.248 e. The van der Waals surface area contributed by atoms with Crippen LogP contribution in [0.15, 0.2) is 30.7 Å². The summed E-state index contributed by atoms with van der Waals surface area (Å²) in [5.41, 5.74) is 7.64. The van der Waals surface area contributed by atoms with Crippen LogP contribution in [0.2, 0.25) is 0 Å². The molecule has 7 nitrogen and oxygen atoms in total. The molecule has 1 amide bonds. The van der Waals surface area contributed by atoms with E-state index in [1.807, 2.05) is 0 Å². The molecule has 0 unspecified atom stereocenters. The third-order valence-electron chi connectivity index (χ3n) is 2.90. The van der Waals surface area contributed by atoms with Crippen molar-refractivity contribution in [2.24, 2.45) is 5.73 Å². The number of nitrogens with two attached hydrogens (primary N) is 1. The van der Waals surface area contributed by atoms with Crippen molar-refractivity contribution in [3.05, 3.63) is 36.3 Å². The molecule has 20 heavy (non-hydrogen) atoms. The van der Waals surface area contributed by atoms with Gasteiger partial charge in [0.25, 0.3) is 0 Å². The molecular formula is C13H11N5O2. The number of nitrogens with zero attached hydrogens (tertiary/aromatic N) is 3. The van der Waals surface area contributed by atoms with E-state index < -0.39 is 5.91 Å². The predicted octanol–water partition coefficient (Wildman–Crippen LogP) is 1.13. The minimum absolute atomic E-state index is 0.376. The van der Waals surface area contributed by atoms with Crippen molar-refractivity contribution in [2.45, 2.75) is 0 Å². The van der Waals surface area contributed by atoms with Gasteiger partial charge < -0.3 is 15.5 Å². The lowest BCUT2D eigenvalue weighted by Gasteiger charge is -2.07. The van der Waals surface area contributed by atoms with Crippen LogP contribution in [0.25, 0.3) is 22.6 Å². The number of methoxy groups -OCH3 is 1. The number of benzene rings is 1. The number of carbonyl (C=O) groups is 1. The second-order valence-electron chi connectivity index (χ2n) is 4.12. The summed E-state index contributed by atoms with van der Waals surface area (Å²) in [5, 5.41) is 0. The first-order valence-electron chi connectivity index (χ1n) is 5.83. The van der Waals surface area contributed by atoms with Gasteiger partial charge in [0.15, 0.2) is 5.65 Å². The highest BCUT2D eigenvalue weighted by Gasteiger charge is 2.13. The maximum atomic E-state index is 11.2. The maximum absolute atomic E-state index is 11.2. The number of H-pyrrole nitrogens is 1. The summed E-state index contributed by atoms with van der Waals surface area (Å²) in [6.45, 7) is 0. The Morgan fingerprint density at radius 1 is 1.40 bits per heavy atom. The summed E-state index contributed by atoms with van der Waals surface area (Å²) >= 11 is 0. The average Bonchev–Trinajstić information content (AvgIpc) is 2.90. The minimum atomic E-state index is -0.509. The van der Waals surface area contributed by atoms with E-state index in [0.717, 1.165) is 11.1 Å². The van der Waals surface area contributed by atoms with Crippen molar-refractivity contribution in [1.82, 2.24) is 19.9 Å². The van der Waals surface area contributed by atoms with Crippen molar-refractivity contribution in [3.63, 3.8) is 0 Å². The van der Waals surface area contributed by atoms with E-state index in [9.17, 15) is 4.79 Å². The number of imidazole rings is 1. The van der Waals surface area contributed by atoms with Gasteiger partial charge in [0, 0.05) is 5.56 Å². The fourth-order valence-electron chi connectivity index (χ4n) is 1.93. The van der Waals surface area contributed by atoms with Crippen LogP contribution in [0.3, 0.4) is 0 Å². The van der Waals surface area contributed by atoms with E-state index >= 15 is 0 Å². The standard InChI is InChI=1S/C13H11N5O2/c1-20-10-4-7(11(14)19)2-3-8(10)12-17-9-5-15-6-16-13(9)18-12/h2-6H,1H3,(H2,14,19)(H,15,16,17,18). The van der Waals surface area contributed by atoms with E-state index in [1.165, 1.54) is 13.4 Å². The molecule has 0 bridgehead atoms. The Morgan fingerprint density at radius 2 is 2.25 bits per heavy atom. The van der Waals surface area contributed by atoms with Gasteiger partial charge in [-0.2, -0.15) is 0 Å². The highest BCUT2D eigenvalue weighted by molar-refractivity contribution is 5.94. The Labute approximate surface area is 113 Å². The van der Waals surface area contributed by atoms with E-state index in [4.69, 9.17) is 10.5 Å². The van der Waals surface area contributed by atoms with Gasteiger partial charge in [-0.25, -0.2) is 15.0 Å². The lowest BCUT2D eigenvalue weighted by molar-refractivity contribution is 0.1000. The first-order chi connectivity index (χ1) is 9.69. The molecule has 0 radical (unpaired) electrons. The third-order valence-corrected chi connectivity index (χ3v) is 2.90. The number of nitrogens with one attached hydrogen (secondary N) is 1. The Morgan fingerprint density at radius 3 is 2.95 bits per heavy atom. The molecular weight excluding hydrogens is 258 g/mol. The quantitative estimate of drug-likeness (QED) is 0.741. The van der Waals surface area contributed by atoms with Gasteiger partial charge in [-0.15, -0.1) is 0 Å². The van der Waals surface area contributed by atoms with E-state index in [1.54, 1.807) is 24.4 Å². The average molecular weight is 269 g/mol. The lowest BCUT2D eigenvalue weighted by atomic mass is 10.1. The second-order valence-corrected chi connectivity index (χ2v) is 4.12. The predicted molar refractivity (Wildman–Crippen MR) is 72.2 cm³/mol. The number of carbonyl (C=O) groups excluding carboxylic acids is 1. The van der Waals surface area contributed by atoms with Crippen LogP contribution in [0.5, 0.6) is 5.75 Å². The Hall–Kier alpha value is -2.96. The molecule has 3 N–H and O–H groups in total. The van der Waals surface area contributed by atoms with Gasteiger partial charge in [-0.3, -0.25) is 4.79 Å².